The van der Waals surface area contributed by atoms with E-state index in [1.807, 2.05) is 12.1 Å². The van der Waals surface area contributed by atoms with Gasteiger partial charge in [0.25, 0.3) is 0 Å². The van der Waals surface area contributed by atoms with E-state index in [0.29, 0.717) is 5.82 Å². The van der Waals surface area contributed by atoms with Crippen molar-refractivity contribution < 1.29 is 4.74 Å². The van der Waals surface area contributed by atoms with Gasteiger partial charge in [0.1, 0.15) is 11.6 Å². The maximum absolute atomic E-state index is 5.58. The summed E-state index contributed by atoms with van der Waals surface area (Å²) in [5, 5.41) is 6.84. The molecule has 0 saturated heterocycles. The van der Waals surface area contributed by atoms with Gasteiger partial charge < -0.3 is 10.5 Å². The van der Waals surface area contributed by atoms with Crippen LogP contribution < -0.4 is 10.5 Å². The molecule has 0 fully saturated rings. The van der Waals surface area contributed by atoms with Gasteiger partial charge >= 0.3 is 0 Å². The van der Waals surface area contributed by atoms with Crippen molar-refractivity contribution in [2.45, 2.75) is 20.0 Å². The van der Waals surface area contributed by atoms with Gasteiger partial charge in [-0.2, -0.15) is 5.10 Å². The number of nitrogens with two attached hydrogens (primary N) is 1. The van der Waals surface area contributed by atoms with E-state index in [4.69, 9.17) is 10.5 Å². The molecule has 1 aromatic carbocycles. The van der Waals surface area contributed by atoms with Crippen LogP contribution in [0.25, 0.3) is 0 Å². The number of aryl methyl sites for hydroxylation is 1. The number of aromatic nitrogens is 2. The van der Waals surface area contributed by atoms with Crippen LogP contribution in [-0.4, -0.2) is 29.3 Å². The van der Waals surface area contributed by atoms with Crippen molar-refractivity contribution in [1.82, 2.24) is 15.1 Å². The Morgan fingerprint density at radius 3 is 2.68 bits per heavy atom. The van der Waals surface area contributed by atoms with Crippen LogP contribution in [-0.2, 0) is 13.1 Å². The predicted molar refractivity (Wildman–Crippen MR) is 75.9 cm³/mol. The van der Waals surface area contributed by atoms with E-state index in [1.54, 1.807) is 7.11 Å². The number of ether oxygens (including phenoxy) is 1. The zero-order valence-corrected chi connectivity index (χ0v) is 11.6. The van der Waals surface area contributed by atoms with Crippen LogP contribution in [0.3, 0.4) is 0 Å². The van der Waals surface area contributed by atoms with Crippen molar-refractivity contribution in [3.05, 3.63) is 41.1 Å². The van der Waals surface area contributed by atoms with E-state index < -0.39 is 0 Å². The first kappa shape index (κ1) is 13.4. The lowest BCUT2D eigenvalue weighted by atomic mass is 10.1. The van der Waals surface area contributed by atoms with Crippen LogP contribution >= 0.6 is 0 Å². The average Bonchev–Trinajstić information content (AvgIpc) is 2.74. The zero-order valence-electron chi connectivity index (χ0n) is 11.6. The molecule has 0 amide bonds. The van der Waals surface area contributed by atoms with E-state index in [1.165, 1.54) is 5.56 Å². The Morgan fingerprint density at radius 2 is 2.11 bits per heavy atom. The minimum absolute atomic E-state index is 0.531. The monoisotopic (exact) mass is 260 g/mol. The van der Waals surface area contributed by atoms with Gasteiger partial charge in [-0.05, 0) is 31.2 Å². The fourth-order valence-corrected chi connectivity index (χ4v) is 2.16. The van der Waals surface area contributed by atoms with Crippen molar-refractivity contribution in [3.8, 4) is 5.75 Å². The molecule has 2 rings (SSSR count). The highest BCUT2D eigenvalue weighted by Crippen LogP contribution is 2.19. The molecule has 19 heavy (non-hydrogen) atoms. The third kappa shape index (κ3) is 3.48. The first-order valence-electron chi connectivity index (χ1n) is 6.20. The lowest BCUT2D eigenvalue weighted by Gasteiger charge is -2.16. The van der Waals surface area contributed by atoms with E-state index in [9.17, 15) is 0 Å². The molecule has 5 heteroatoms. The molecule has 0 atom stereocenters. The minimum Gasteiger partial charge on any atom is -0.496 e. The summed E-state index contributed by atoms with van der Waals surface area (Å²) in [6.45, 7) is 3.71. The van der Waals surface area contributed by atoms with Gasteiger partial charge in [0.2, 0.25) is 0 Å². The summed E-state index contributed by atoms with van der Waals surface area (Å²) in [6.07, 6.45) is 0. The summed E-state index contributed by atoms with van der Waals surface area (Å²) in [7, 11) is 3.76. The van der Waals surface area contributed by atoms with Gasteiger partial charge in [0, 0.05) is 19.2 Å². The number of hydrogen-bond donors (Lipinski definition) is 2. The smallest absolute Gasteiger partial charge is 0.145 e. The third-order valence-corrected chi connectivity index (χ3v) is 3.00. The molecule has 1 heterocycles. The van der Waals surface area contributed by atoms with Crippen LogP contribution in [0.15, 0.2) is 24.3 Å². The lowest BCUT2D eigenvalue weighted by Crippen LogP contribution is -2.17. The molecule has 0 aliphatic carbocycles. The summed E-state index contributed by atoms with van der Waals surface area (Å²) in [4.78, 5) is 2.20. The van der Waals surface area contributed by atoms with E-state index in [-0.39, 0.29) is 0 Å². The Bertz CT molecular complexity index is 550. The molecule has 1 aromatic heterocycles. The fraction of sp³-hybridized carbons (Fsp3) is 0.357. The second-order valence-corrected chi connectivity index (χ2v) is 4.79. The van der Waals surface area contributed by atoms with Crippen LogP contribution in [0.4, 0.5) is 5.82 Å². The summed E-state index contributed by atoms with van der Waals surface area (Å²) in [5.41, 5.74) is 9.01. The van der Waals surface area contributed by atoms with Gasteiger partial charge in [-0.25, -0.2) is 0 Å². The largest absolute Gasteiger partial charge is 0.496 e. The Balaban J connectivity index is 1.98. The zero-order chi connectivity index (χ0) is 13.8. The Morgan fingerprint density at radius 1 is 1.32 bits per heavy atom. The number of H-pyrrole nitrogens is 1. The van der Waals surface area contributed by atoms with E-state index in [2.05, 4.69) is 41.2 Å². The molecule has 0 radical (unpaired) electrons. The second kappa shape index (κ2) is 5.75. The molecular weight excluding hydrogens is 240 g/mol. The maximum atomic E-state index is 5.58. The molecule has 0 bridgehead atoms. The minimum atomic E-state index is 0.531. The number of nitrogen functional groups attached to an aromatic ring is 1. The fourth-order valence-electron chi connectivity index (χ4n) is 2.16. The molecule has 0 spiro atoms. The molecule has 0 unspecified atom stereocenters. The van der Waals surface area contributed by atoms with Crippen LogP contribution in [0, 0.1) is 6.92 Å². The topological polar surface area (TPSA) is 67.2 Å². The number of rotatable bonds is 5. The number of nitrogens with one attached hydrogen (secondary N) is 1. The molecule has 0 aliphatic heterocycles. The normalized spacial score (nSPS) is 10.9. The average molecular weight is 260 g/mol. The Labute approximate surface area is 113 Å². The van der Waals surface area contributed by atoms with Crippen molar-refractivity contribution in [1.29, 1.82) is 0 Å². The highest BCUT2D eigenvalue weighted by molar-refractivity contribution is 5.36. The van der Waals surface area contributed by atoms with Crippen LogP contribution in [0.2, 0.25) is 0 Å². The third-order valence-electron chi connectivity index (χ3n) is 3.00. The first-order valence-corrected chi connectivity index (χ1v) is 6.20. The SMILES string of the molecule is COc1ccc(CN(C)Cc2cc(N)n[nH]2)cc1C. The number of methoxy groups -OCH3 is 1. The Kier molecular flexibility index (Phi) is 4.06. The number of hydrogen-bond acceptors (Lipinski definition) is 4. The maximum Gasteiger partial charge on any atom is 0.145 e. The number of nitrogens with zero attached hydrogens (tertiary/aromatic N) is 2. The van der Waals surface area contributed by atoms with Crippen molar-refractivity contribution >= 4 is 5.82 Å². The molecule has 3 N–H and O–H groups in total. The van der Waals surface area contributed by atoms with E-state index >= 15 is 0 Å². The predicted octanol–water partition coefficient (Wildman–Crippen LogP) is 1.94. The standard InChI is InChI=1S/C14H20N4O/c1-10-6-11(4-5-13(10)19-3)8-18(2)9-12-7-14(15)17-16-12/h4-7H,8-9H2,1-3H3,(H3,15,16,17). The van der Waals surface area contributed by atoms with Gasteiger partial charge in [-0.15, -0.1) is 0 Å². The summed E-state index contributed by atoms with van der Waals surface area (Å²) in [6, 6.07) is 8.10. The molecule has 5 nitrogen and oxygen atoms in total. The van der Waals surface area contributed by atoms with Gasteiger partial charge in [-0.3, -0.25) is 10.00 Å². The molecule has 0 aliphatic rings. The number of benzene rings is 1. The highest BCUT2D eigenvalue weighted by Gasteiger charge is 2.06. The molecule has 102 valence electrons. The Hall–Kier alpha value is -2.01. The number of aromatic amines is 1. The van der Waals surface area contributed by atoms with Crippen molar-refractivity contribution in [2.24, 2.45) is 0 Å². The summed E-state index contributed by atoms with van der Waals surface area (Å²) >= 11 is 0. The molecular formula is C14H20N4O. The summed E-state index contributed by atoms with van der Waals surface area (Å²) in [5.74, 6) is 1.46. The van der Waals surface area contributed by atoms with E-state index in [0.717, 1.165) is 30.1 Å². The van der Waals surface area contributed by atoms with Gasteiger partial charge in [0.15, 0.2) is 0 Å². The quantitative estimate of drug-likeness (QED) is 0.862. The molecule has 2 aromatic rings. The first-order chi connectivity index (χ1) is 9.08. The lowest BCUT2D eigenvalue weighted by molar-refractivity contribution is 0.314. The van der Waals surface area contributed by atoms with Crippen LogP contribution in [0.5, 0.6) is 5.75 Å². The second-order valence-electron chi connectivity index (χ2n) is 4.79. The van der Waals surface area contributed by atoms with Gasteiger partial charge in [0.05, 0.1) is 12.8 Å². The number of anilines is 1. The summed E-state index contributed by atoms with van der Waals surface area (Å²) < 4.78 is 5.26. The molecule has 0 saturated carbocycles. The van der Waals surface area contributed by atoms with Crippen molar-refractivity contribution in [3.63, 3.8) is 0 Å². The highest BCUT2D eigenvalue weighted by atomic mass is 16.5. The van der Waals surface area contributed by atoms with Crippen molar-refractivity contribution in [2.75, 3.05) is 19.9 Å². The van der Waals surface area contributed by atoms with Gasteiger partial charge in [-0.1, -0.05) is 12.1 Å². The van der Waals surface area contributed by atoms with Crippen LogP contribution in [0.1, 0.15) is 16.8 Å².